The van der Waals surface area contributed by atoms with E-state index in [1.165, 1.54) is 17.0 Å². The zero-order chi connectivity index (χ0) is 23.8. The molecule has 1 aromatic heterocycles. The van der Waals surface area contributed by atoms with Crippen LogP contribution in [0.25, 0.3) is 10.4 Å². The van der Waals surface area contributed by atoms with Crippen LogP contribution >= 0.6 is 11.3 Å². The second-order valence-corrected chi connectivity index (χ2v) is 11.0. The molecule has 34 heavy (non-hydrogen) atoms. The number of sulfonamides is 1. The minimum Gasteiger partial charge on any atom is -0.355 e. The van der Waals surface area contributed by atoms with E-state index in [1.54, 1.807) is 35.6 Å². The van der Waals surface area contributed by atoms with Crippen LogP contribution < -0.4 is 5.32 Å². The molecule has 0 radical (unpaired) electrons. The maximum absolute atomic E-state index is 15.6. The van der Waals surface area contributed by atoms with Gasteiger partial charge in [-0.25, -0.2) is 17.6 Å². The third-order valence-electron chi connectivity index (χ3n) is 6.25. The number of halogens is 1. The summed E-state index contributed by atoms with van der Waals surface area (Å²) >= 11 is 1.56. The fourth-order valence-electron chi connectivity index (χ4n) is 4.55. The van der Waals surface area contributed by atoms with Crippen molar-refractivity contribution < 1.29 is 22.3 Å². The number of likely N-dealkylation sites (tertiary alicyclic amines) is 1. The fourth-order valence-corrected chi connectivity index (χ4v) is 7.05. The van der Waals surface area contributed by atoms with Crippen LogP contribution in [0.1, 0.15) is 6.42 Å². The highest BCUT2D eigenvalue weighted by molar-refractivity contribution is 7.89. The first kappa shape index (κ1) is 23.0. The smallest absolute Gasteiger partial charge is 0.321 e. The summed E-state index contributed by atoms with van der Waals surface area (Å²) in [5.74, 6) is 0. The minimum absolute atomic E-state index is 0.0419. The SMILES string of the molecule is O=C(Nc1ccccc1-c1cccs1)N1CCC2(OCCN2S(=O)(=O)c2ccccc2)C(F)C1. The molecular weight excluding hydrogens is 477 g/mol. The van der Waals surface area contributed by atoms with E-state index in [2.05, 4.69) is 5.32 Å². The fraction of sp³-hybridized carbons (Fsp3) is 0.292. The Hall–Kier alpha value is -2.79. The van der Waals surface area contributed by atoms with Gasteiger partial charge in [0.25, 0.3) is 0 Å². The largest absolute Gasteiger partial charge is 0.355 e. The predicted molar refractivity (Wildman–Crippen MR) is 129 cm³/mol. The van der Waals surface area contributed by atoms with Crippen LogP contribution in [0.5, 0.6) is 0 Å². The molecular formula is C24H24FN3O4S2. The standard InChI is InChI=1S/C24H24FN3O4S2/c25-22-17-27(23(29)26-20-10-5-4-9-19(20)21-11-6-16-33-21)13-12-24(22)28(14-15-32-24)34(30,31)18-7-2-1-3-8-18/h1-11,16,22H,12-15,17H2,(H,26,29). The Morgan fingerprint density at radius 3 is 2.56 bits per heavy atom. The van der Waals surface area contributed by atoms with Gasteiger partial charge in [0.15, 0.2) is 11.9 Å². The summed E-state index contributed by atoms with van der Waals surface area (Å²) in [5, 5.41) is 4.85. The van der Waals surface area contributed by atoms with E-state index in [1.807, 2.05) is 35.7 Å². The highest BCUT2D eigenvalue weighted by Crippen LogP contribution is 2.40. The molecule has 0 aliphatic carbocycles. The summed E-state index contributed by atoms with van der Waals surface area (Å²) in [7, 11) is -3.95. The van der Waals surface area contributed by atoms with Gasteiger partial charge in [-0.15, -0.1) is 11.3 Å². The molecule has 2 atom stereocenters. The molecule has 1 spiro atoms. The lowest BCUT2D eigenvalue weighted by Gasteiger charge is -2.44. The van der Waals surface area contributed by atoms with Crippen molar-refractivity contribution in [2.24, 2.45) is 0 Å². The Morgan fingerprint density at radius 1 is 1.06 bits per heavy atom. The average Bonchev–Trinajstić information content (AvgIpc) is 3.53. The lowest BCUT2D eigenvalue weighted by Crippen LogP contribution is -2.63. The van der Waals surface area contributed by atoms with Gasteiger partial charge < -0.3 is 15.0 Å². The van der Waals surface area contributed by atoms with Gasteiger partial charge in [0.2, 0.25) is 10.0 Å². The number of amides is 2. The highest BCUT2D eigenvalue weighted by Gasteiger charge is 2.57. The van der Waals surface area contributed by atoms with Crippen molar-refractivity contribution >= 4 is 33.1 Å². The van der Waals surface area contributed by atoms with Crippen molar-refractivity contribution in [1.82, 2.24) is 9.21 Å². The van der Waals surface area contributed by atoms with E-state index < -0.39 is 28.0 Å². The number of urea groups is 1. The summed E-state index contributed by atoms with van der Waals surface area (Å²) in [5.41, 5.74) is -0.0909. The van der Waals surface area contributed by atoms with Crippen LogP contribution in [0.3, 0.4) is 0 Å². The van der Waals surface area contributed by atoms with Crippen molar-refractivity contribution in [2.75, 3.05) is 31.6 Å². The Balaban J connectivity index is 1.33. The number of hydrogen-bond donors (Lipinski definition) is 1. The quantitative estimate of drug-likeness (QED) is 0.575. The number of thiophene rings is 1. The number of benzene rings is 2. The van der Waals surface area contributed by atoms with Gasteiger partial charge in [-0.2, -0.15) is 4.31 Å². The maximum atomic E-state index is 15.6. The molecule has 2 amide bonds. The van der Waals surface area contributed by atoms with Crippen LogP contribution in [0.15, 0.2) is 77.0 Å². The van der Waals surface area contributed by atoms with E-state index in [0.717, 1.165) is 14.7 Å². The molecule has 2 aromatic carbocycles. The van der Waals surface area contributed by atoms with Crippen LogP contribution in [0.4, 0.5) is 14.9 Å². The van der Waals surface area contributed by atoms with Gasteiger partial charge >= 0.3 is 6.03 Å². The number of carbonyl (C=O) groups excluding carboxylic acids is 1. The van der Waals surface area contributed by atoms with Crippen molar-refractivity contribution in [1.29, 1.82) is 0 Å². The van der Waals surface area contributed by atoms with E-state index >= 15 is 4.39 Å². The monoisotopic (exact) mass is 501 g/mol. The normalized spacial score (nSPS) is 23.3. The number of anilines is 1. The summed E-state index contributed by atoms with van der Waals surface area (Å²) < 4.78 is 49.0. The Bertz CT molecular complexity index is 1270. The molecule has 2 saturated heterocycles. The number of rotatable bonds is 4. The first-order valence-electron chi connectivity index (χ1n) is 11.0. The lowest BCUT2D eigenvalue weighted by molar-refractivity contribution is -0.134. The van der Waals surface area contributed by atoms with Crippen molar-refractivity contribution in [3.05, 3.63) is 72.1 Å². The van der Waals surface area contributed by atoms with Crippen LogP contribution in [0.2, 0.25) is 0 Å². The highest BCUT2D eigenvalue weighted by atomic mass is 32.2. The number of alkyl halides is 1. The number of nitrogens with zero attached hydrogens (tertiary/aromatic N) is 2. The molecule has 0 saturated carbocycles. The second kappa shape index (κ2) is 9.10. The van der Waals surface area contributed by atoms with Crippen LogP contribution in [-0.4, -0.2) is 61.8 Å². The third kappa shape index (κ3) is 4.00. The summed E-state index contributed by atoms with van der Waals surface area (Å²) in [6.45, 7) is 0.0624. The van der Waals surface area contributed by atoms with Crippen LogP contribution in [0, 0.1) is 0 Å². The maximum Gasteiger partial charge on any atom is 0.321 e. The van der Waals surface area contributed by atoms with Crippen molar-refractivity contribution in [3.8, 4) is 10.4 Å². The number of carbonyl (C=O) groups is 1. The summed E-state index contributed by atoms with van der Waals surface area (Å²) in [4.78, 5) is 15.5. The minimum atomic E-state index is -3.95. The molecule has 3 aromatic rings. The van der Waals surface area contributed by atoms with Gasteiger partial charge in [-0.05, 0) is 29.6 Å². The van der Waals surface area contributed by atoms with Gasteiger partial charge in [0.05, 0.1) is 23.7 Å². The number of piperidine rings is 1. The van der Waals surface area contributed by atoms with E-state index in [-0.39, 0.29) is 37.6 Å². The first-order valence-corrected chi connectivity index (χ1v) is 13.3. The molecule has 10 heteroatoms. The first-order chi connectivity index (χ1) is 16.4. The van der Waals surface area contributed by atoms with Crippen LogP contribution in [-0.2, 0) is 14.8 Å². The summed E-state index contributed by atoms with van der Waals surface area (Å²) in [6, 6.07) is 18.9. The number of nitrogens with one attached hydrogen (secondary N) is 1. The van der Waals surface area contributed by atoms with Gasteiger partial charge in [-0.3, -0.25) is 0 Å². The van der Waals surface area contributed by atoms with Gasteiger partial charge in [0, 0.05) is 30.0 Å². The topological polar surface area (TPSA) is 79.0 Å². The van der Waals surface area contributed by atoms with Gasteiger partial charge in [0.1, 0.15) is 0 Å². The van der Waals surface area contributed by atoms with Crippen molar-refractivity contribution in [2.45, 2.75) is 23.2 Å². The third-order valence-corrected chi connectivity index (χ3v) is 9.10. The second-order valence-electron chi connectivity index (χ2n) is 8.20. The molecule has 2 fully saturated rings. The Kier molecular flexibility index (Phi) is 6.15. The molecule has 178 valence electrons. The summed E-state index contributed by atoms with van der Waals surface area (Å²) in [6.07, 6.45) is -1.65. The van der Waals surface area contributed by atoms with E-state index in [4.69, 9.17) is 4.74 Å². The van der Waals surface area contributed by atoms with E-state index in [0.29, 0.717) is 5.69 Å². The lowest BCUT2D eigenvalue weighted by atomic mass is 9.99. The Morgan fingerprint density at radius 2 is 1.82 bits per heavy atom. The van der Waals surface area contributed by atoms with Gasteiger partial charge in [-0.1, -0.05) is 42.5 Å². The molecule has 0 bridgehead atoms. The van der Waals surface area contributed by atoms with E-state index in [9.17, 15) is 13.2 Å². The molecule has 2 aliphatic rings. The predicted octanol–water partition coefficient (Wildman–Crippen LogP) is 4.41. The number of ether oxygens (including phenoxy) is 1. The molecule has 1 N–H and O–H groups in total. The number of para-hydroxylation sites is 1. The average molecular weight is 502 g/mol. The van der Waals surface area contributed by atoms with Crippen molar-refractivity contribution in [3.63, 3.8) is 0 Å². The molecule has 5 rings (SSSR count). The molecule has 3 heterocycles. The zero-order valence-electron chi connectivity index (χ0n) is 18.3. The zero-order valence-corrected chi connectivity index (χ0v) is 19.9. The molecule has 7 nitrogen and oxygen atoms in total. The number of hydrogen-bond acceptors (Lipinski definition) is 5. The Labute approximate surface area is 201 Å². The molecule has 2 unspecified atom stereocenters. The molecule has 2 aliphatic heterocycles.